The van der Waals surface area contributed by atoms with Crippen molar-refractivity contribution in [3.8, 4) is 0 Å². The van der Waals surface area contributed by atoms with Crippen LogP contribution in [0.1, 0.15) is 46.0 Å². The molecule has 0 aromatic carbocycles. The first-order chi connectivity index (χ1) is 9.52. The Morgan fingerprint density at radius 2 is 1.95 bits per heavy atom. The standard InChI is InChI=1S/C15H28N2O3/c1-11(2)10-13(15(19)20-3)17-14(18)5-4-12-6-8-16-9-7-12/h11-13,16H,4-10H2,1-3H3,(H,17,18). The van der Waals surface area contributed by atoms with Crippen molar-refractivity contribution in [1.29, 1.82) is 0 Å². The Labute approximate surface area is 121 Å². The van der Waals surface area contributed by atoms with Gasteiger partial charge in [-0.2, -0.15) is 0 Å². The van der Waals surface area contributed by atoms with E-state index in [-0.39, 0.29) is 11.9 Å². The Kier molecular flexibility index (Phi) is 7.59. The van der Waals surface area contributed by atoms with Gasteiger partial charge in [-0.15, -0.1) is 0 Å². The number of carbonyl (C=O) groups excluding carboxylic acids is 2. The highest BCUT2D eigenvalue weighted by atomic mass is 16.5. The molecule has 0 spiro atoms. The van der Waals surface area contributed by atoms with Gasteiger partial charge >= 0.3 is 5.97 Å². The molecule has 0 saturated carbocycles. The SMILES string of the molecule is COC(=O)C(CC(C)C)NC(=O)CCC1CCNCC1. The van der Waals surface area contributed by atoms with Crippen molar-refractivity contribution < 1.29 is 14.3 Å². The van der Waals surface area contributed by atoms with Crippen LogP contribution in [0, 0.1) is 11.8 Å². The third-order valence-corrected chi connectivity index (χ3v) is 3.77. The first kappa shape index (κ1) is 17.0. The van der Waals surface area contributed by atoms with Gasteiger partial charge in [0.15, 0.2) is 0 Å². The number of methoxy groups -OCH3 is 1. The van der Waals surface area contributed by atoms with E-state index in [2.05, 4.69) is 10.6 Å². The van der Waals surface area contributed by atoms with Gasteiger partial charge in [-0.05, 0) is 50.6 Å². The minimum absolute atomic E-state index is 0.0421. The number of esters is 1. The largest absolute Gasteiger partial charge is 0.467 e. The third kappa shape index (κ3) is 6.37. The highest BCUT2D eigenvalue weighted by Gasteiger charge is 2.23. The monoisotopic (exact) mass is 284 g/mol. The summed E-state index contributed by atoms with van der Waals surface area (Å²) in [6.07, 6.45) is 4.30. The minimum Gasteiger partial charge on any atom is -0.467 e. The van der Waals surface area contributed by atoms with Gasteiger partial charge in [0.1, 0.15) is 6.04 Å². The number of piperidine rings is 1. The van der Waals surface area contributed by atoms with E-state index in [1.165, 1.54) is 7.11 Å². The molecule has 1 rings (SSSR count). The van der Waals surface area contributed by atoms with Gasteiger partial charge < -0.3 is 15.4 Å². The second-order valence-electron chi connectivity index (χ2n) is 6.00. The lowest BCUT2D eigenvalue weighted by molar-refractivity contribution is -0.145. The predicted molar refractivity (Wildman–Crippen MR) is 78.2 cm³/mol. The fourth-order valence-corrected chi connectivity index (χ4v) is 2.60. The lowest BCUT2D eigenvalue weighted by Crippen LogP contribution is -2.42. The molecule has 1 heterocycles. The lowest BCUT2D eigenvalue weighted by Gasteiger charge is -2.23. The average Bonchev–Trinajstić information content (AvgIpc) is 2.44. The van der Waals surface area contributed by atoms with Crippen LogP contribution in [0.15, 0.2) is 0 Å². The second kappa shape index (κ2) is 8.95. The summed E-state index contributed by atoms with van der Waals surface area (Å²) < 4.78 is 4.75. The first-order valence-electron chi connectivity index (χ1n) is 7.60. The molecule has 1 atom stereocenters. The highest BCUT2D eigenvalue weighted by molar-refractivity contribution is 5.84. The summed E-state index contributed by atoms with van der Waals surface area (Å²) in [6.45, 7) is 6.14. The van der Waals surface area contributed by atoms with Crippen LogP contribution in [0.4, 0.5) is 0 Å². The van der Waals surface area contributed by atoms with E-state index in [1.54, 1.807) is 0 Å². The number of nitrogens with one attached hydrogen (secondary N) is 2. The molecule has 1 amide bonds. The fraction of sp³-hybridized carbons (Fsp3) is 0.867. The summed E-state index contributed by atoms with van der Waals surface area (Å²) in [6, 6.07) is -0.513. The quantitative estimate of drug-likeness (QED) is 0.695. The van der Waals surface area contributed by atoms with Crippen LogP contribution in [0.25, 0.3) is 0 Å². The van der Waals surface area contributed by atoms with Crippen molar-refractivity contribution in [2.75, 3.05) is 20.2 Å². The number of ether oxygens (including phenoxy) is 1. The molecule has 1 aliphatic heterocycles. The summed E-state index contributed by atoms with van der Waals surface area (Å²) in [5.41, 5.74) is 0. The number of rotatable bonds is 7. The summed E-state index contributed by atoms with van der Waals surface area (Å²) in [7, 11) is 1.36. The maximum Gasteiger partial charge on any atom is 0.328 e. The van der Waals surface area contributed by atoms with Gasteiger partial charge in [0.05, 0.1) is 7.11 Å². The van der Waals surface area contributed by atoms with E-state index >= 15 is 0 Å². The Morgan fingerprint density at radius 3 is 2.50 bits per heavy atom. The van der Waals surface area contributed by atoms with Gasteiger partial charge in [-0.1, -0.05) is 13.8 Å². The highest BCUT2D eigenvalue weighted by Crippen LogP contribution is 2.17. The van der Waals surface area contributed by atoms with E-state index in [0.717, 1.165) is 32.4 Å². The van der Waals surface area contributed by atoms with E-state index < -0.39 is 6.04 Å². The van der Waals surface area contributed by atoms with Crippen LogP contribution in [0.3, 0.4) is 0 Å². The molecule has 116 valence electrons. The number of hydrogen-bond acceptors (Lipinski definition) is 4. The summed E-state index contributed by atoms with van der Waals surface area (Å²) in [5, 5.41) is 6.13. The fourth-order valence-electron chi connectivity index (χ4n) is 2.60. The Hall–Kier alpha value is -1.10. The molecule has 0 aromatic rings. The first-order valence-corrected chi connectivity index (χ1v) is 7.60. The van der Waals surface area contributed by atoms with Gasteiger partial charge in [-0.25, -0.2) is 4.79 Å². The maximum absolute atomic E-state index is 12.0. The molecule has 1 fully saturated rings. The average molecular weight is 284 g/mol. The zero-order chi connectivity index (χ0) is 15.0. The zero-order valence-corrected chi connectivity index (χ0v) is 12.9. The molecular weight excluding hydrogens is 256 g/mol. The van der Waals surface area contributed by atoms with Crippen LogP contribution in [-0.4, -0.2) is 38.1 Å². The Bertz CT molecular complexity index is 312. The number of hydrogen-bond donors (Lipinski definition) is 2. The normalized spacial score (nSPS) is 17.8. The molecule has 0 aromatic heterocycles. The topological polar surface area (TPSA) is 67.4 Å². The van der Waals surface area contributed by atoms with Crippen molar-refractivity contribution in [3.63, 3.8) is 0 Å². The van der Waals surface area contributed by atoms with Crippen molar-refractivity contribution in [2.45, 2.75) is 52.0 Å². The Balaban J connectivity index is 2.34. The molecule has 20 heavy (non-hydrogen) atoms. The molecule has 5 nitrogen and oxygen atoms in total. The number of amides is 1. The maximum atomic E-state index is 12.0. The van der Waals surface area contributed by atoms with Crippen molar-refractivity contribution in [2.24, 2.45) is 11.8 Å². The minimum atomic E-state index is -0.513. The molecule has 0 radical (unpaired) electrons. The van der Waals surface area contributed by atoms with E-state index in [1.807, 2.05) is 13.8 Å². The summed E-state index contributed by atoms with van der Waals surface area (Å²) in [5.74, 6) is 0.570. The zero-order valence-electron chi connectivity index (χ0n) is 12.9. The van der Waals surface area contributed by atoms with Gasteiger partial charge in [0.25, 0.3) is 0 Å². The van der Waals surface area contributed by atoms with Crippen molar-refractivity contribution in [1.82, 2.24) is 10.6 Å². The van der Waals surface area contributed by atoms with Crippen LogP contribution in [0.5, 0.6) is 0 Å². The molecular formula is C15H28N2O3. The smallest absolute Gasteiger partial charge is 0.328 e. The molecule has 1 unspecified atom stereocenters. The predicted octanol–water partition coefficient (Wildman–Crippen LogP) is 1.47. The van der Waals surface area contributed by atoms with Crippen LogP contribution in [-0.2, 0) is 14.3 Å². The summed E-state index contributed by atoms with van der Waals surface area (Å²) >= 11 is 0. The van der Waals surface area contributed by atoms with Crippen LogP contribution >= 0.6 is 0 Å². The molecule has 0 bridgehead atoms. The molecule has 1 saturated heterocycles. The van der Waals surface area contributed by atoms with Gasteiger partial charge in [0, 0.05) is 6.42 Å². The van der Waals surface area contributed by atoms with Crippen molar-refractivity contribution >= 4 is 11.9 Å². The van der Waals surface area contributed by atoms with Gasteiger partial charge in [-0.3, -0.25) is 4.79 Å². The van der Waals surface area contributed by atoms with Gasteiger partial charge in [0.2, 0.25) is 5.91 Å². The molecule has 0 aliphatic carbocycles. The lowest BCUT2D eigenvalue weighted by atomic mass is 9.93. The Morgan fingerprint density at radius 1 is 1.30 bits per heavy atom. The number of carbonyl (C=O) groups is 2. The van der Waals surface area contributed by atoms with Crippen molar-refractivity contribution in [3.05, 3.63) is 0 Å². The molecule has 5 heteroatoms. The van der Waals surface area contributed by atoms with E-state index in [0.29, 0.717) is 24.7 Å². The summed E-state index contributed by atoms with van der Waals surface area (Å²) in [4.78, 5) is 23.6. The molecule has 2 N–H and O–H groups in total. The van der Waals surface area contributed by atoms with Crippen LogP contribution < -0.4 is 10.6 Å². The molecule has 1 aliphatic rings. The van der Waals surface area contributed by atoms with E-state index in [4.69, 9.17) is 4.74 Å². The van der Waals surface area contributed by atoms with E-state index in [9.17, 15) is 9.59 Å². The third-order valence-electron chi connectivity index (χ3n) is 3.77. The van der Waals surface area contributed by atoms with Crippen LogP contribution in [0.2, 0.25) is 0 Å². The second-order valence-corrected chi connectivity index (χ2v) is 6.00.